The van der Waals surface area contributed by atoms with Gasteiger partial charge in [0.1, 0.15) is 0 Å². The standard InChI is InChI=1S/C8H9F3N2S/c1-2-3-5(12)6-4-13-7(14-6)8(9,10)11/h2,4-5H,1,3,12H2. The molecule has 0 fully saturated rings. The summed E-state index contributed by atoms with van der Waals surface area (Å²) in [6, 6.07) is -0.443. The van der Waals surface area contributed by atoms with E-state index < -0.39 is 17.2 Å². The van der Waals surface area contributed by atoms with Crippen LogP contribution in [0.25, 0.3) is 0 Å². The fraction of sp³-hybridized carbons (Fsp3) is 0.375. The minimum absolute atomic E-state index is 0.428. The lowest BCUT2D eigenvalue weighted by Crippen LogP contribution is -2.06. The van der Waals surface area contributed by atoms with Gasteiger partial charge in [-0.3, -0.25) is 0 Å². The quantitative estimate of drug-likeness (QED) is 0.798. The number of rotatable bonds is 3. The lowest BCUT2D eigenvalue weighted by Gasteiger charge is -2.04. The van der Waals surface area contributed by atoms with Crippen molar-refractivity contribution in [2.75, 3.05) is 0 Å². The second-order valence-electron chi connectivity index (χ2n) is 2.70. The van der Waals surface area contributed by atoms with Crippen LogP contribution in [0.15, 0.2) is 18.9 Å². The highest BCUT2D eigenvalue weighted by atomic mass is 32.1. The summed E-state index contributed by atoms with van der Waals surface area (Å²) in [6.45, 7) is 3.46. The molecule has 0 aliphatic carbocycles. The molecule has 6 heteroatoms. The molecule has 1 atom stereocenters. The summed E-state index contributed by atoms with van der Waals surface area (Å²) in [5, 5.41) is -0.855. The van der Waals surface area contributed by atoms with Gasteiger partial charge in [0.15, 0.2) is 5.01 Å². The summed E-state index contributed by atoms with van der Waals surface area (Å²) in [4.78, 5) is 3.70. The second kappa shape index (κ2) is 4.10. The number of nitrogens with two attached hydrogens (primary N) is 1. The molecule has 0 aliphatic heterocycles. The van der Waals surface area contributed by atoms with Crippen molar-refractivity contribution in [1.29, 1.82) is 0 Å². The zero-order valence-corrected chi connectivity index (χ0v) is 8.03. The van der Waals surface area contributed by atoms with Crippen molar-refractivity contribution in [1.82, 2.24) is 4.98 Å². The number of hydrogen-bond donors (Lipinski definition) is 1. The molecule has 1 rings (SSSR count). The van der Waals surface area contributed by atoms with Gasteiger partial charge >= 0.3 is 6.18 Å². The van der Waals surface area contributed by atoms with E-state index in [0.717, 1.165) is 0 Å². The topological polar surface area (TPSA) is 38.9 Å². The third kappa shape index (κ3) is 2.55. The number of hydrogen-bond acceptors (Lipinski definition) is 3. The van der Waals surface area contributed by atoms with Crippen LogP contribution in [0.1, 0.15) is 22.3 Å². The highest BCUT2D eigenvalue weighted by Crippen LogP contribution is 2.34. The van der Waals surface area contributed by atoms with Crippen molar-refractivity contribution < 1.29 is 13.2 Å². The Bertz CT molecular complexity index is 319. The predicted octanol–water partition coefficient (Wildman–Crippen LogP) is 2.74. The van der Waals surface area contributed by atoms with E-state index in [1.165, 1.54) is 6.20 Å². The van der Waals surface area contributed by atoms with Crippen molar-refractivity contribution in [3.05, 3.63) is 28.7 Å². The molecule has 1 aromatic rings. The molecule has 0 spiro atoms. The van der Waals surface area contributed by atoms with Gasteiger partial charge in [-0.25, -0.2) is 4.98 Å². The van der Waals surface area contributed by atoms with Gasteiger partial charge in [-0.1, -0.05) is 6.08 Å². The van der Waals surface area contributed by atoms with Crippen LogP contribution in [0.3, 0.4) is 0 Å². The average molecular weight is 222 g/mol. The molecular formula is C8H9F3N2S. The first-order chi connectivity index (χ1) is 6.45. The van der Waals surface area contributed by atoms with Crippen molar-refractivity contribution in [2.24, 2.45) is 5.73 Å². The van der Waals surface area contributed by atoms with Crippen LogP contribution in [0.5, 0.6) is 0 Å². The van der Waals surface area contributed by atoms with Crippen LogP contribution < -0.4 is 5.73 Å². The molecular weight excluding hydrogens is 213 g/mol. The Morgan fingerprint density at radius 3 is 2.71 bits per heavy atom. The molecule has 0 radical (unpaired) electrons. The van der Waals surface area contributed by atoms with Crippen molar-refractivity contribution in [3.63, 3.8) is 0 Å². The molecule has 0 saturated carbocycles. The first kappa shape index (κ1) is 11.2. The van der Waals surface area contributed by atoms with Crippen LogP contribution in [-0.4, -0.2) is 4.98 Å². The van der Waals surface area contributed by atoms with Gasteiger partial charge in [0, 0.05) is 17.1 Å². The molecule has 0 saturated heterocycles. The van der Waals surface area contributed by atoms with E-state index in [4.69, 9.17) is 5.73 Å². The molecule has 0 bridgehead atoms. The van der Waals surface area contributed by atoms with E-state index in [1.54, 1.807) is 6.08 Å². The van der Waals surface area contributed by atoms with Gasteiger partial charge in [0.2, 0.25) is 0 Å². The van der Waals surface area contributed by atoms with Crippen LogP contribution in [-0.2, 0) is 6.18 Å². The summed E-state index contributed by atoms with van der Waals surface area (Å²) in [5.74, 6) is 0. The molecule has 1 aromatic heterocycles. The molecule has 0 aliphatic rings. The number of halogens is 3. The molecule has 78 valence electrons. The highest BCUT2D eigenvalue weighted by Gasteiger charge is 2.34. The first-order valence-electron chi connectivity index (χ1n) is 3.84. The van der Waals surface area contributed by atoms with Gasteiger partial charge in [-0.05, 0) is 6.42 Å². The van der Waals surface area contributed by atoms with E-state index in [2.05, 4.69) is 11.6 Å². The first-order valence-corrected chi connectivity index (χ1v) is 4.66. The van der Waals surface area contributed by atoms with Crippen LogP contribution >= 0.6 is 11.3 Å². The highest BCUT2D eigenvalue weighted by molar-refractivity contribution is 7.11. The Balaban J connectivity index is 2.82. The molecule has 14 heavy (non-hydrogen) atoms. The third-order valence-electron chi connectivity index (χ3n) is 1.55. The Labute approximate surface area is 83.3 Å². The Morgan fingerprint density at radius 1 is 1.64 bits per heavy atom. The Morgan fingerprint density at radius 2 is 2.29 bits per heavy atom. The molecule has 0 aromatic carbocycles. The summed E-state index contributed by atoms with van der Waals surface area (Å²) < 4.78 is 36.4. The lowest BCUT2D eigenvalue weighted by atomic mass is 10.2. The second-order valence-corrected chi connectivity index (χ2v) is 3.76. The molecule has 2 N–H and O–H groups in total. The monoisotopic (exact) mass is 222 g/mol. The fourth-order valence-electron chi connectivity index (χ4n) is 0.885. The van der Waals surface area contributed by atoms with Crippen molar-refractivity contribution in [2.45, 2.75) is 18.6 Å². The predicted molar refractivity (Wildman–Crippen MR) is 48.9 cm³/mol. The van der Waals surface area contributed by atoms with E-state index in [1.807, 2.05) is 0 Å². The average Bonchev–Trinajstić information content (AvgIpc) is 2.51. The zero-order chi connectivity index (χ0) is 10.8. The molecule has 2 nitrogen and oxygen atoms in total. The van der Waals surface area contributed by atoms with E-state index in [9.17, 15) is 13.2 Å². The summed E-state index contributed by atoms with van der Waals surface area (Å²) in [5.41, 5.74) is 5.59. The number of nitrogens with zero attached hydrogens (tertiary/aromatic N) is 1. The number of thiazole rings is 1. The Kier molecular flexibility index (Phi) is 3.28. The largest absolute Gasteiger partial charge is 0.443 e. The van der Waals surface area contributed by atoms with Crippen LogP contribution in [0.2, 0.25) is 0 Å². The summed E-state index contributed by atoms with van der Waals surface area (Å²) in [7, 11) is 0. The van der Waals surface area contributed by atoms with Crippen molar-refractivity contribution >= 4 is 11.3 Å². The molecule has 1 unspecified atom stereocenters. The van der Waals surface area contributed by atoms with Crippen molar-refractivity contribution in [3.8, 4) is 0 Å². The van der Waals surface area contributed by atoms with Crippen LogP contribution in [0.4, 0.5) is 13.2 Å². The molecule has 1 heterocycles. The van der Waals surface area contributed by atoms with Gasteiger partial charge < -0.3 is 5.73 Å². The number of alkyl halides is 3. The lowest BCUT2D eigenvalue weighted by molar-refractivity contribution is -0.137. The number of aromatic nitrogens is 1. The minimum atomic E-state index is -4.38. The maximum Gasteiger partial charge on any atom is 0.443 e. The summed E-state index contributed by atoms with van der Waals surface area (Å²) >= 11 is 0.579. The molecule has 0 amide bonds. The van der Waals surface area contributed by atoms with Gasteiger partial charge in [0.05, 0.1) is 0 Å². The Hall–Kier alpha value is -0.880. The maximum atomic E-state index is 12.1. The van der Waals surface area contributed by atoms with Gasteiger partial charge in [-0.2, -0.15) is 13.2 Å². The van der Waals surface area contributed by atoms with E-state index >= 15 is 0 Å². The summed E-state index contributed by atoms with van der Waals surface area (Å²) in [6.07, 6.45) is -1.20. The van der Waals surface area contributed by atoms with Crippen LogP contribution in [0, 0.1) is 0 Å². The smallest absolute Gasteiger partial charge is 0.323 e. The van der Waals surface area contributed by atoms with Gasteiger partial charge in [-0.15, -0.1) is 17.9 Å². The zero-order valence-electron chi connectivity index (χ0n) is 7.21. The maximum absolute atomic E-state index is 12.1. The van der Waals surface area contributed by atoms with E-state index in [0.29, 0.717) is 22.6 Å². The minimum Gasteiger partial charge on any atom is -0.323 e. The fourth-order valence-corrected chi connectivity index (χ4v) is 1.68. The van der Waals surface area contributed by atoms with E-state index in [-0.39, 0.29) is 0 Å². The SMILES string of the molecule is C=CCC(N)c1cnc(C(F)(F)F)s1. The normalized spacial score (nSPS) is 14.0. The van der Waals surface area contributed by atoms with Gasteiger partial charge in [0.25, 0.3) is 0 Å². The third-order valence-corrected chi connectivity index (χ3v) is 2.73.